The minimum atomic E-state index is -4.40. The maximum Gasteiger partial charge on any atom is 0.416 e. The van der Waals surface area contributed by atoms with Gasteiger partial charge in [-0.05, 0) is 38.1 Å². The Balaban J connectivity index is 2.16. The molecule has 1 heterocycles. The van der Waals surface area contributed by atoms with Crippen molar-refractivity contribution >= 4 is 11.6 Å². The number of rotatable bonds is 2. The number of benzene rings is 1. The normalized spacial score (nSPS) is 11.3. The highest BCUT2D eigenvalue weighted by atomic mass is 19.4. The van der Waals surface area contributed by atoms with Crippen LogP contribution in [0.3, 0.4) is 0 Å². The predicted octanol–water partition coefficient (Wildman–Crippen LogP) is 3.36. The Morgan fingerprint density at radius 2 is 1.76 bits per heavy atom. The van der Waals surface area contributed by atoms with Crippen LogP contribution in [0.4, 0.5) is 18.9 Å². The smallest absolute Gasteiger partial charge is 0.322 e. The van der Waals surface area contributed by atoms with E-state index < -0.39 is 17.6 Å². The third-order valence-electron chi connectivity index (χ3n) is 2.81. The molecule has 110 valence electrons. The molecule has 0 spiro atoms. The number of carbonyl (C=O) groups excluding carboxylic acids is 1. The molecule has 1 N–H and O–H groups in total. The van der Waals surface area contributed by atoms with Crippen LogP contribution in [-0.4, -0.2) is 15.9 Å². The summed E-state index contributed by atoms with van der Waals surface area (Å²) >= 11 is 0. The minimum absolute atomic E-state index is 0.271. The molecule has 2 aromatic rings. The molecule has 21 heavy (non-hydrogen) atoms. The Bertz CT molecular complexity index is 666. The van der Waals surface area contributed by atoms with Crippen LogP contribution in [0.15, 0.2) is 30.5 Å². The highest BCUT2D eigenvalue weighted by molar-refractivity contribution is 6.04. The molecule has 0 fully saturated rings. The van der Waals surface area contributed by atoms with Gasteiger partial charge in [0, 0.05) is 11.9 Å². The molecule has 1 amide bonds. The van der Waals surface area contributed by atoms with E-state index >= 15 is 0 Å². The number of carbonyl (C=O) groups is 1. The van der Waals surface area contributed by atoms with E-state index in [1.54, 1.807) is 13.8 Å². The van der Waals surface area contributed by atoms with Crippen molar-refractivity contribution in [2.45, 2.75) is 20.0 Å². The van der Waals surface area contributed by atoms with Gasteiger partial charge in [0.05, 0.1) is 16.8 Å². The average Bonchev–Trinajstić information content (AvgIpc) is 2.38. The number of anilines is 1. The zero-order valence-electron chi connectivity index (χ0n) is 11.3. The van der Waals surface area contributed by atoms with Crippen molar-refractivity contribution < 1.29 is 18.0 Å². The van der Waals surface area contributed by atoms with Gasteiger partial charge in [0.25, 0.3) is 5.91 Å². The fraction of sp³-hybridized carbons (Fsp3) is 0.214. The van der Waals surface area contributed by atoms with Crippen LogP contribution in [0, 0.1) is 13.8 Å². The van der Waals surface area contributed by atoms with Crippen LogP contribution in [0.1, 0.15) is 27.4 Å². The fourth-order valence-corrected chi connectivity index (χ4v) is 1.75. The number of aromatic nitrogens is 2. The lowest BCUT2D eigenvalue weighted by Crippen LogP contribution is -2.15. The summed E-state index contributed by atoms with van der Waals surface area (Å²) < 4.78 is 37.3. The van der Waals surface area contributed by atoms with Gasteiger partial charge in [-0.15, -0.1) is 0 Å². The second-order valence-electron chi connectivity index (χ2n) is 4.45. The molecule has 2 rings (SSSR count). The molecule has 0 radical (unpaired) electrons. The number of alkyl halides is 3. The summed E-state index contributed by atoms with van der Waals surface area (Å²) in [5.74, 6) is 0.0749. The fourth-order valence-electron chi connectivity index (χ4n) is 1.75. The molecule has 7 heteroatoms. The van der Waals surface area contributed by atoms with Gasteiger partial charge in [-0.2, -0.15) is 13.2 Å². The van der Waals surface area contributed by atoms with Gasteiger partial charge < -0.3 is 5.32 Å². The lowest BCUT2D eigenvalue weighted by Gasteiger charge is -2.09. The highest BCUT2D eigenvalue weighted by Gasteiger charge is 2.30. The number of hydrogen-bond donors (Lipinski definition) is 1. The summed E-state index contributed by atoms with van der Waals surface area (Å²) in [6.45, 7) is 3.36. The first-order valence-corrected chi connectivity index (χ1v) is 6.06. The Morgan fingerprint density at radius 1 is 1.14 bits per heavy atom. The molecule has 1 aromatic carbocycles. The zero-order chi connectivity index (χ0) is 15.6. The van der Waals surface area contributed by atoms with Crippen molar-refractivity contribution in [1.82, 2.24) is 9.97 Å². The monoisotopic (exact) mass is 295 g/mol. The van der Waals surface area contributed by atoms with E-state index in [-0.39, 0.29) is 11.3 Å². The van der Waals surface area contributed by atoms with E-state index in [9.17, 15) is 18.0 Å². The lowest BCUT2D eigenvalue weighted by molar-refractivity contribution is -0.137. The van der Waals surface area contributed by atoms with Crippen LogP contribution >= 0.6 is 0 Å². The number of amides is 1. The van der Waals surface area contributed by atoms with Crippen molar-refractivity contribution in [2.24, 2.45) is 0 Å². The van der Waals surface area contributed by atoms with Crippen LogP contribution in [0.25, 0.3) is 0 Å². The Kier molecular flexibility index (Phi) is 3.93. The highest BCUT2D eigenvalue weighted by Crippen LogP contribution is 2.29. The summed E-state index contributed by atoms with van der Waals surface area (Å²) in [5.41, 5.74) is 0.288. The first-order valence-electron chi connectivity index (χ1n) is 6.06. The van der Waals surface area contributed by atoms with Gasteiger partial charge >= 0.3 is 6.18 Å². The van der Waals surface area contributed by atoms with Gasteiger partial charge in [-0.3, -0.25) is 4.79 Å². The lowest BCUT2D eigenvalue weighted by atomic mass is 10.2. The summed E-state index contributed by atoms with van der Waals surface area (Å²) in [6, 6.07) is 4.22. The standard InChI is InChI=1S/C14H12F3N3O/c1-8-12(7-18-9(2)19-8)13(21)20-11-5-3-10(4-6-11)14(15,16)17/h3-7H,1-2H3,(H,20,21). The molecule has 0 aliphatic rings. The molecular formula is C14H12F3N3O. The Hall–Kier alpha value is -2.44. The average molecular weight is 295 g/mol. The van der Waals surface area contributed by atoms with E-state index in [0.29, 0.717) is 11.5 Å². The molecule has 4 nitrogen and oxygen atoms in total. The van der Waals surface area contributed by atoms with Gasteiger partial charge in [-0.25, -0.2) is 9.97 Å². The van der Waals surface area contributed by atoms with E-state index in [4.69, 9.17) is 0 Å². The number of hydrogen-bond acceptors (Lipinski definition) is 3. The maximum atomic E-state index is 12.4. The van der Waals surface area contributed by atoms with Crippen molar-refractivity contribution in [1.29, 1.82) is 0 Å². The van der Waals surface area contributed by atoms with Crippen molar-refractivity contribution in [3.8, 4) is 0 Å². The molecule has 0 saturated heterocycles. The van der Waals surface area contributed by atoms with E-state index in [1.165, 1.54) is 18.3 Å². The van der Waals surface area contributed by atoms with Gasteiger partial charge in [0.15, 0.2) is 0 Å². The third kappa shape index (κ3) is 3.56. The summed E-state index contributed by atoms with van der Waals surface area (Å²) in [4.78, 5) is 20.0. The van der Waals surface area contributed by atoms with E-state index in [2.05, 4.69) is 15.3 Å². The van der Waals surface area contributed by atoms with Crippen LogP contribution < -0.4 is 5.32 Å². The number of halogens is 3. The largest absolute Gasteiger partial charge is 0.416 e. The quantitative estimate of drug-likeness (QED) is 0.924. The third-order valence-corrected chi connectivity index (χ3v) is 2.81. The zero-order valence-corrected chi connectivity index (χ0v) is 11.3. The molecule has 0 aliphatic heterocycles. The predicted molar refractivity (Wildman–Crippen MR) is 70.9 cm³/mol. The van der Waals surface area contributed by atoms with E-state index in [1.807, 2.05) is 0 Å². The maximum absolute atomic E-state index is 12.4. The summed E-state index contributed by atoms with van der Waals surface area (Å²) in [6.07, 6.45) is -3.01. The SMILES string of the molecule is Cc1ncc(C(=O)Nc2ccc(C(F)(F)F)cc2)c(C)n1. The van der Waals surface area contributed by atoms with Crippen LogP contribution in [0.5, 0.6) is 0 Å². The second-order valence-corrected chi connectivity index (χ2v) is 4.45. The molecule has 0 aliphatic carbocycles. The first-order chi connectivity index (χ1) is 9.77. The van der Waals surface area contributed by atoms with Crippen LogP contribution in [0.2, 0.25) is 0 Å². The summed E-state index contributed by atoms with van der Waals surface area (Å²) in [7, 11) is 0. The van der Waals surface area contributed by atoms with E-state index in [0.717, 1.165) is 12.1 Å². The molecule has 0 unspecified atom stereocenters. The number of nitrogens with one attached hydrogen (secondary N) is 1. The number of nitrogens with zero attached hydrogens (tertiary/aromatic N) is 2. The molecule has 0 saturated carbocycles. The summed E-state index contributed by atoms with van der Waals surface area (Å²) in [5, 5.41) is 2.51. The Labute approximate surface area is 119 Å². The number of aryl methyl sites for hydroxylation is 2. The van der Waals surface area contributed by atoms with Gasteiger partial charge in [-0.1, -0.05) is 0 Å². The molecule has 1 aromatic heterocycles. The van der Waals surface area contributed by atoms with Crippen LogP contribution in [-0.2, 0) is 6.18 Å². The minimum Gasteiger partial charge on any atom is -0.322 e. The van der Waals surface area contributed by atoms with Crippen molar-refractivity contribution in [3.63, 3.8) is 0 Å². The molecule has 0 atom stereocenters. The first kappa shape index (κ1) is 15.0. The van der Waals surface area contributed by atoms with Gasteiger partial charge in [0.1, 0.15) is 5.82 Å². The Morgan fingerprint density at radius 3 is 2.29 bits per heavy atom. The second kappa shape index (κ2) is 5.51. The van der Waals surface area contributed by atoms with Crippen molar-refractivity contribution in [3.05, 3.63) is 53.1 Å². The molecular weight excluding hydrogens is 283 g/mol. The van der Waals surface area contributed by atoms with Gasteiger partial charge in [0.2, 0.25) is 0 Å². The molecule has 0 bridgehead atoms. The topological polar surface area (TPSA) is 54.9 Å². The van der Waals surface area contributed by atoms with Crippen molar-refractivity contribution in [2.75, 3.05) is 5.32 Å².